The number of benzene rings is 2. The van der Waals surface area contributed by atoms with Crippen LogP contribution in [0.2, 0.25) is 0 Å². The van der Waals surface area contributed by atoms with Crippen molar-refractivity contribution in [3.63, 3.8) is 0 Å². The van der Waals surface area contributed by atoms with Crippen LogP contribution in [-0.4, -0.2) is 11.5 Å². The van der Waals surface area contributed by atoms with Crippen molar-refractivity contribution in [2.45, 2.75) is 206 Å². The molecule has 0 spiro atoms. The van der Waals surface area contributed by atoms with Gasteiger partial charge in [0.15, 0.2) is 0 Å². The van der Waals surface area contributed by atoms with Gasteiger partial charge >= 0.3 is 0 Å². The smallest absolute Gasteiger partial charge is 0.0621 e. The summed E-state index contributed by atoms with van der Waals surface area (Å²) < 4.78 is 0. The minimum Gasteiger partial charge on any atom is -0.389 e. The van der Waals surface area contributed by atoms with Crippen molar-refractivity contribution >= 4 is 16.5 Å². The molecule has 2 saturated carbocycles. The van der Waals surface area contributed by atoms with Crippen LogP contribution in [0.4, 0.5) is 0 Å². The van der Waals surface area contributed by atoms with Gasteiger partial charge in [-0.1, -0.05) is 177 Å². The van der Waals surface area contributed by atoms with Gasteiger partial charge in [-0.05, 0) is 147 Å². The minimum absolute atomic E-state index is 0.589. The third-order valence-corrected chi connectivity index (χ3v) is 13.6. The van der Waals surface area contributed by atoms with Crippen molar-refractivity contribution in [3.05, 3.63) is 89.3 Å². The monoisotopic (exact) mass is 833 g/mol. The Morgan fingerprint density at radius 3 is 1.95 bits per heavy atom. The predicted molar refractivity (Wildman–Crippen MR) is 275 cm³/mol. The topological polar surface area (TPSA) is 27.8 Å². The molecule has 2 aromatic carbocycles. The lowest BCUT2D eigenvalue weighted by Gasteiger charge is -2.32. The van der Waals surface area contributed by atoms with Gasteiger partial charge in [0.25, 0.3) is 0 Å². The van der Waals surface area contributed by atoms with Gasteiger partial charge in [-0.2, -0.15) is 0 Å². The molecule has 342 valence electrons. The fraction of sp³-hybridized carbons (Fsp3) is 0.661. The van der Waals surface area contributed by atoms with E-state index in [0.29, 0.717) is 10.8 Å². The Balaban J connectivity index is 0.000000372. The van der Waals surface area contributed by atoms with Crippen LogP contribution in [-0.2, 0) is 19.3 Å². The van der Waals surface area contributed by atoms with E-state index in [9.17, 15) is 0 Å². The van der Waals surface area contributed by atoms with Crippen LogP contribution >= 0.6 is 0 Å². The first kappa shape index (κ1) is 54.0. The Hall–Kier alpha value is -3.18. The van der Waals surface area contributed by atoms with Crippen molar-refractivity contribution in [3.8, 4) is 11.8 Å². The molecule has 2 heteroatoms. The lowest BCUT2D eigenvalue weighted by molar-refractivity contribution is 0.166. The lowest BCUT2D eigenvalue weighted by atomic mass is 9.73. The number of aryl methyl sites for hydroxylation is 3. The third-order valence-electron chi connectivity index (χ3n) is 13.6. The van der Waals surface area contributed by atoms with Gasteiger partial charge < -0.3 is 10.3 Å². The average Bonchev–Trinajstić information content (AvgIpc) is 3.86. The SMILES string of the molecule is C=C(C)NCCCC.C=C(C)c1c(CCCCC)[nH]c2c(C#CCCCCC)cc(CCc3ccccc3)cc12.CC.CCC(C)C1CC(C)(C)CC1C1CC(C)(C)CC1C. The number of rotatable bonds is 18. The fourth-order valence-electron chi connectivity index (χ4n) is 10.5. The second-order valence-electron chi connectivity index (χ2n) is 20.6. The van der Waals surface area contributed by atoms with Crippen LogP contribution in [0, 0.1) is 52.3 Å². The molecule has 0 saturated heterocycles. The van der Waals surface area contributed by atoms with E-state index in [2.05, 4.69) is 154 Å². The molecule has 2 nitrogen and oxygen atoms in total. The van der Waals surface area contributed by atoms with E-state index >= 15 is 0 Å². The summed E-state index contributed by atoms with van der Waals surface area (Å²) >= 11 is 0. The van der Waals surface area contributed by atoms with Crippen molar-refractivity contribution in [1.82, 2.24) is 10.3 Å². The Labute approximate surface area is 379 Å². The van der Waals surface area contributed by atoms with Gasteiger partial charge in [0.05, 0.1) is 5.52 Å². The number of allylic oxidation sites excluding steroid dienone is 2. The van der Waals surface area contributed by atoms with Gasteiger partial charge in [-0.15, -0.1) is 0 Å². The number of hydrogen-bond acceptors (Lipinski definition) is 1. The van der Waals surface area contributed by atoms with Crippen LogP contribution in [0.3, 0.4) is 0 Å². The number of fused-ring (bicyclic) bond motifs is 1. The van der Waals surface area contributed by atoms with Crippen molar-refractivity contribution in [1.29, 1.82) is 0 Å². The molecular weight excluding hydrogens is 737 g/mol. The van der Waals surface area contributed by atoms with Crippen LogP contribution in [0.15, 0.2) is 61.3 Å². The van der Waals surface area contributed by atoms with Crippen LogP contribution < -0.4 is 5.32 Å². The molecule has 0 amide bonds. The molecule has 0 bridgehead atoms. The first-order chi connectivity index (χ1) is 29.1. The van der Waals surface area contributed by atoms with E-state index in [4.69, 9.17) is 0 Å². The molecule has 5 unspecified atom stereocenters. The second-order valence-corrected chi connectivity index (χ2v) is 20.6. The summed E-state index contributed by atoms with van der Waals surface area (Å²) in [4.78, 5) is 3.76. The standard InChI is InChI=1S/C31H39N.C19H36.C7H15N.C2H6/c1-5-7-9-10-15-18-27-22-26(21-20-25-16-13-11-14-17-25)23-28-30(24(3)4)29(32-31(27)28)19-12-8-6-2;1-8-13(2)15-10-19(6,7)12-17(15)16-11-18(4,5)9-14(16)3;1-4-5-6-8-7(2)3;1-2/h11,13-14,16-17,22-23,32H,3,5-10,12,19-21H2,1-2,4H3;13-17H,8-12H2,1-7H3;8H,2,4-6H2,1,3H3;1-2H3. The van der Waals surface area contributed by atoms with E-state index in [-0.39, 0.29) is 0 Å². The predicted octanol–water partition coefficient (Wildman–Crippen LogP) is 17.7. The van der Waals surface area contributed by atoms with Gasteiger partial charge in [0.1, 0.15) is 0 Å². The molecule has 0 aliphatic heterocycles. The quantitative estimate of drug-likeness (QED) is 0.0970. The summed E-state index contributed by atoms with van der Waals surface area (Å²) in [7, 11) is 0. The Morgan fingerprint density at radius 1 is 0.770 bits per heavy atom. The summed E-state index contributed by atoms with van der Waals surface area (Å²) in [6.45, 7) is 41.3. The first-order valence-electron chi connectivity index (χ1n) is 25.3. The Kier molecular flexibility index (Phi) is 24.6. The fourth-order valence-corrected chi connectivity index (χ4v) is 10.5. The Morgan fingerprint density at radius 2 is 1.38 bits per heavy atom. The minimum atomic E-state index is 0.589. The van der Waals surface area contributed by atoms with Gasteiger partial charge in [-0.25, -0.2) is 0 Å². The molecule has 2 fully saturated rings. The number of H-pyrrole nitrogens is 1. The van der Waals surface area contributed by atoms with E-state index in [1.165, 1.54) is 117 Å². The maximum atomic E-state index is 4.33. The number of unbranched alkanes of at least 4 members (excludes halogenated alkanes) is 6. The number of aromatic nitrogens is 1. The zero-order valence-corrected chi connectivity index (χ0v) is 42.6. The first-order valence-corrected chi connectivity index (χ1v) is 25.3. The molecule has 5 rings (SSSR count). The lowest BCUT2D eigenvalue weighted by Crippen LogP contribution is -2.25. The molecule has 61 heavy (non-hydrogen) atoms. The highest BCUT2D eigenvalue weighted by Gasteiger charge is 2.49. The molecule has 2 aliphatic carbocycles. The van der Waals surface area contributed by atoms with Crippen LogP contribution in [0.5, 0.6) is 0 Å². The molecule has 2 N–H and O–H groups in total. The maximum Gasteiger partial charge on any atom is 0.0621 e. The third kappa shape index (κ3) is 18.2. The molecule has 2 aliphatic rings. The summed E-state index contributed by atoms with van der Waals surface area (Å²) in [5, 5.41) is 4.45. The molecular formula is C59H96N2. The normalized spacial score (nSPS) is 20.2. The van der Waals surface area contributed by atoms with Crippen molar-refractivity contribution < 1.29 is 0 Å². The van der Waals surface area contributed by atoms with E-state index in [0.717, 1.165) is 78.7 Å². The molecule has 3 aromatic rings. The van der Waals surface area contributed by atoms with Crippen LogP contribution in [0.1, 0.15) is 215 Å². The number of nitrogens with one attached hydrogen (secondary N) is 2. The van der Waals surface area contributed by atoms with Crippen molar-refractivity contribution in [2.24, 2.45) is 40.4 Å². The zero-order chi connectivity index (χ0) is 45.6. The highest BCUT2D eigenvalue weighted by Crippen LogP contribution is 2.58. The molecule has 5 atom stereocenters. The van der Waals surface area contributed by atoms with Gasteiger partial charge in [0.2, 0.25) is 0 Å². The summed E-state index contributed by atoms with van der Waals surface area (Å²) in [6, 6.07) is 15.5. The van der Waals surface area contributed by atoms with Gasteiger partial charge in [-0.3, -0.25) is 0 Å². The molecule has 0 radical (unpaired) electrons. The second kappa shape index (κ2) is 27.8. The highest BCUT2D eigenvalue weighted by atomic mass is 14.9. The van der Waals surface area contributed by atoms with E-state index < -0.39 is 0 Å². The summed E-state index contributed by atoms with van der Waals surface area (Å²) in [5.41, 5.74) is 11.1. The van der Waals surface area contributed by atoms with E-state index in [1.54, 1.807) is 0 Å². The zero-order valence-electron chi connectivity index (χ0n) is 42.6. The average molecular weight is 833 g/mol. The summed E-state index contributed by atoms with van der Waals surface area (Å²) in [6.07, 6.45) is 21.2. The largest absolute Gasteiger partial charge is 0.389 e. The molecule has 1 heterocycles. The molecule has 1 aromatic heterocycles. The van der Waals surface area contributed by atoms with Gasteiger partial charge in [0, 0.05) is 40.9 Å². The van der Waals surface area contributed by atoms with E-state index in [1.807, 2.05) is 20.8 Å². The van der Waals surface area contributed by atoms with Crippen molar-refractivity contribution in [2.75, 3.05) is 6.54 Å². The Bertz CT molecular complexity index is 1760. The highest BCUT2D eigenvalue weighted by molar-refractivity contribution is 5.97. The van der Waals surface area contributed by atoms with Crippen LogP contribution in [0.25, 0.3) is 16.5 Å². The number of aromatic amines is 1. The number of hydrogen-bond donors (Lipinski definition) is 2. The maximum absolute atomic E-state index is 4.33. The summed E-state index contributed by atoms with van der Waals surface area (Å²) in [5.74, 6) is 11.8.